The van der Waals surface area contributed by atoms with E-state index in [2.05, 4.69) is 10.3 Å². The van der Waals surface area contributed by atoms with Gasteiger partial charge in [-0.15, -0.1) is 0 Å². The summed E-state index contributed by atoms with van der Waals surface area (Å²) < 4.78 is 4.89. The molecule has 2 aliphatic carbocycles. The lowest BCUT2D eigenvalue weighted by atomic mass is 9.84. The fourth-order valence-corrected chi connectivity index (χ4v) is 3.87. The Kier molecular flexibility index (Phi) is 3.46. The monoisotopic (exact) mass is 296 g/mol. The molecule has 0 saturated heterocycles. The van der Waals surface area contributed by atoms with Crippen LogP contribution in [0.15, 0.2) is 12.3 Å². The van der Waals surface area contributed by atoms with E-state index < -0.39 is 0 Å². The predicted octanol–water partition coefficient (Wildman–Crippen LogP) is 1.99. The Balaban J connectivity index is 1.75. The summed E-state index contributed by atoms with van der Waals surface area (Å²) in [6.45, 7) is 0. The normalized spacial score (nSPS) is 31.3. The Bertz CT molecular complexity index is 542. The van der Waals surface area contributed by atoms with Gasteiger partial charge in [0.15, 0.2) is 0 Å². The minimum absolute atomic E-state index is 0.129. The number of ether oxygens (including phenoxy) is 1. The molecule has 5 nitrogen and oxygen atoms in total. The van der Waals surface area contributed by atoms with Crippen LogP contribution in [0.4, 0.5) is 0 Å². The number of carbonyl (C=O) groups excluding carboxylic acids is 2. The first-order chi connectivity index (χ1) is 9.60. The molecule has 2 aliphatic rings. The van der Waals surface area contributed by atoms with E-state index in [0.717, 1.165) is 19.3 Å². The van der Waals surface area contributed by atoms with E-state index in [0.29, 0.717) is 22.6 Å². The molecule has 1 aromatic rings. The number of carbonyl (C=O) groups is 2. The van der Waals surface area contributed by atoms with Crippen LogP contribution in [0.3, 0.4) is 0 Å². The van der Waals surface area contributed by atoms with E-state index in [1.54, 1.807) is 12.3 Å². The van der Waals surface area contributed by atoms with Gasteiger partial charge in [0, 0.05) is 12.2 Å². The molecular weight excluding hydrogens is 280 g/mol. The number of rotatable bonds is 3. The average Bonchev–Trinajstić information content (AvgIpc) is 3.13. The van der Waals surface area contributed by atoms with Gasteiger partial charge in [-0.05, 0) is 37.2 Å². The largest absolute Gasteiger partial charge is 0.469 e. The maximum Gasteiger partial charge on any atom is 0.311 e. The molecule has 1 aromatic heterocycles. The maximum atomic E-state index is 12.2. The van der Waals surface area contributed by atoms with Crippen molar-refractivity contribution in [2.24, 2.45) is 17.8 Å². The standard InChI is InChI=1S/C14H17ClN2O3/c1-20-14(19)11-7-2-3-8(4-7)12(11)17-13(18)10-5-9(15)6-16-10/h5-8,11-12,16H,2-4H2,1H3,(H,17,18)/t7-,8-,11+,12-/m0/s1. The summed E-state index contributed by atoms with van der Waals surface area (Å²) in [7, 11) is 1.40. The first kappa shape index (κ1) is 13.5. The van der Waals surface area contributed by atoms with Gasteiger partial charge in [-0.1, -0.05) is 11.6 Å². The summed E-state index contributed by atoms with van der Waals surface area (Å²) >= 11 is 5.80. The van der Waals surface area contributed by atoms with Crippen LogP contribution in [-0.2, 0) is 9.53 Å². The number of nitrogens with one attached hydrogen (secondary N) is 2. The zero-order valence-corrected chi connectivity index (χ0v) is 11.9. The molecule has 0 radical (unpaired) electrons. The topological polar surface area (TPSA) is 71.2 Å². The Hall–Kier alpha value is -1.49. The molecule has 0 unspecified atom stereocenters. The lowest BCUT2D eigenvalue weighted by Gasteiger charge is -2.29. The van der Waals surface area contributed by atoms with Crippen molar-refractivity contribution >= 4 is 23.5 Å². The van der Waals surface area contributed by atoms with E-state index in [-0.39, 0.29) is 23.8 Å². The van der Waals surface area contributed by atoms with Gasteiger partial charge in [-0.3, -0.25) is 9.59 Å². The highest BCUT2D eigenvalue weighted by Gasteiger charge is 2.52. The summed E-state index contributed by atoms with van der Waals surface area (Å²) in [5.74, 6) is 0.0620. The summed E-state index contributed by atoms with van der Waals surface area (Å²) in [6, 6.07) is 1.45. The number of hydrogen-bond acceptors (Lipinski definition) is 3. The van der Waals surface area contributed by atoms with Crippen LogP contribution in [-0.4, -0.2) is 30.0 Å². The van der Waals surface area contributed by atoms with Crippen molar-refractivity contribution in [2.45, 2.75) is 25.3 Å². The number of methoxy groups -OCH3 is 1. The van der Waals surface area contributed by atoms with Crippen molar-refractivity contribution in [1.29, 1.82) is 0 Å². The number of aromatic nitrogens is 1. The summed E-state index contributed by atoms with van der Waals surface area (Å²) in [5.41, 5.74) is 0.418. The Morgan fingerprint density at radius 2 is 2.15 bits per heavy atom. The fourth-order valence-electron chi connectivity index (χ4n) is 3.70. The van der Waals surface area contributed by atoms with Crippen molar-refractivity contribution < 1.29 is 14.3 Å². The molecule has 108 valence electrons. The number of amides is 1. The van der Waals surface area contributed by atoms with Crippen molar-refractivity contribution in [3.63, 3.8) is 0 Å². The van der Waals surface area contributed by atoms with Gasteiger partial charge in [0.05, 0.1) is 18.1 Å². The third kappa shape index (κ3) is 2.20. The Morgan fingerprint density at radius 3 is 2.80 bits per heavy atom. The van der Waals surface area contributed by atoms with E-state index in [9.17, 15) is 9.59 Å². The molecule has 2 N–H and O–H groups in total. The van der Waals surface area contributed by atoms with Gasteiger partial charge in [-0.2, -0.15) is 0 Å². The van der Waals surface area contributed by atoms with Gasteiger partial charge in [0.1, 0.15) is 5.69 Å². The number of fused-ring (bicyclic) bond motifs is 2. The molecule has 20 heavy (non-hydrogen) atoms. The number of aromatic amines is 1. The van der Waals surface area contributed by atoms with Gasteiger partial charge in [-0.25, -0.2) is 0 Å². The molecule has 1 amide bonds. The van der Waals surface area contributed by atoms with E-state index in [1.165, 1.54) is 7.11 Å². The minimum atomic E-state index is -0.219. The Morgan fingerprint density at radius 1 is 1.40 bits per heavy atom. The van der Waals surface area contributed by atoms with Crippen LogP contribution in [0.2, 0.25) is 5.02 Å². The van der Waals surface area contributed by atoms with Crippen molar-refractivity contribution in [3.8, 4) is 0 Å². The summed E-state index contributed by atoms with van der Waals surface area (Å²) in [6.07, 6.45) is 4.67. The van der Waals surface area contributed by atoms with Gasteiger partial charge in [0.2, 0.25) is 0 Å². The van der Waals surface area contributed by atoms with Crippen LogP contribution in [0.5, 0.6) is 0 Å². The fraction of sp³-hybridized carbons (Fsp3) is 0.571. The minimum Gasteiger partial charge on any atom is -0.469 e. The van der Waals surface area contributed by atoms with Crippen molar-refractivity contribution in [1.82, 2.24) is 10.3 Å². The highest BCUT2D eigenvalue weighted by molar-refractivity contribution is 6.30. The summed E-state index contributed by atoms with van der Waals surface area (Å²) in [4.78, 5) is 26.9. The van der Waals surface area contributed by atoms with Gasteiger partial charge >= 0.3 is 5.97 Å². The molecule has 0 aliphatic heterocycles. The van der Waals surface area contributed by atoms with Crippen LogP contribution < -0.4 is 5.32 Å². The zero-order chi connectivity index (χ0) is 14.3. The predicted molar refractivity (Wildman–Crippen MR) is 73.4 cm³/mol. The third-order valence-electron chi connectivity index (χ3n) is 4.58. The molecule has 0 aromatic carbocycles. The smallest absolute Gasteiger partial charge is 0.311 e. The lowest BCUT2D eigenvalue weighted by molar-refractivity contribution is -0.148. The molecule has 3 rings (SSSR count). The molecule has 2 bridgehead atoms. The first-order valence-corrected chi connectivity index (χ1v) is 7.20. The number of hydrogen-bond donors (Lipinski definition) is 2. The van der Waals surface area contributed by atoms with Crippen molar-refractivity contribution in [3.05, 3.63) is 23.0 Å². The van der Waals surface area contributed by atoms with Gasteiger partial charge in [0.25, 0.3) is 5.91 Å². The highest BCUT2D eigenvalue weighted by Crippen LogP contribution is 2.49. The SMILES string of the molecule is COC(=O)[C@@H]1[C@H]2CC[C@@H](C2)[C@@H]1NC(=O)c1cc(Cl)c[nH]1. The lowest BCUT2D eigenvalue weighted by Crippen LogP contribution is -2.47. The van der Waals surface area contributed by atoms with Crippen LogP contribution in [0.1, 0.15) is 29.8 Å². The highest BCUT2D eigenvalue weighted by atomic mass is 35.5. The second-order valence-electron chi connectivity index (χ2n) is 5.61. The number of esters is 1. The molecule has 0 spiro atoms. The molecule has 2 fully saturated rings. The van der Waals surface area contributed by atoms with Gasteiger partial charge < -0.3 is 15.0 Å². The second-order valence-corrected chi connectivity index (χ2v) is 6.05. The molecule has 1 heterocycles. The number of halogens is 1. The zero-order valence-electron chi connectivity index (χ0n) is 11.2. The quantitative estimate of drug-likeness (QED) is 0.838. The molecule has 2 saturated carbocycles. The van der Waals surface area contributed by atoms with Crippen LogP contribution in [0, 0.1) is 17.8 Å². The third-order valence-corrected chi connectivity index (χ3v) is 4.80. The molecule has 6 heteroatoms. The molecular formula is C14H17ClN2O3. The van der Waals surface area contributed by atoms with E-state index in [4.69, 9.17) is 16.3 Å². The molecule has 4 atom stereocenters. The van der Waals surface area contributed by atoms with E-state index in [1.807, 2.05) is 0 Å². The first-order valence-electron chi connectivity index (χ1n) is 6.82. The summed E-state index contributed by atoms with van der Waals surface area (Å²) in [5, 5.41) is 3.47. The second kappa shape index (κ2) is 5.13. The average molecular weight is 297 g/mol. The van der Waals surface area contributed by atoms with Crippen LogP contribution >= 0.6 is 11.6 Å². The van der Waals surface area contributed by atoms with Crippen molar-refractivity contribution in [2.75, 3.05) is 7.11 Å². The van der Waals surface area contributed by atoms with E-state index >= 15 is 0 Å². The maximum absolute atomic E-state index is 12.2. The number of H-pyrrole nitrogens is 1. The Labute approximate surface area is 122 Å². The van der Waals surface area contributed by atoms with Crippen LogP contribution in [0.25, 0.3) is 0 Å².